The van der Waals surface area contributed by atoms with Crippen molar-refractivity contribution in [2.45, 2.75) is 37.6 Å². The van der Waals surface area contributed by atoms with Crippen LogP contribution in [0.1, 0.15) is 34.3 Å². The standard InChI is InChI=1S/C18H24BN3O4/c1-10-5-19-6-14-13(10)3-4-16(17(14)18(23)24)26-12-8-22(9-12)11(2)15(20)7-21-25/h3-4,10,12,15,19H,2,5-9,20H2,1H3,(H,23,24)/t10-,15?/m0/s1. The largest absolute Gasteiger partial charge is 0.486 e. The van der Waals surface area contributed by atoms with E-state index in [2.05, 4.69) is 18.7 Å². The average Bonchev–Trinajstić information content (AvgIpc) is 2.56. The summed E-state index contributed by atoms with van der Waals surface area (Å²) in [6.07, 6.45) is 1.74. The lowest BCUT2D eigenvalue weighted by Gasteiger charge is -2.43. The van der Waals surface area contributed by atoms with Gasteiger partial charge in [-0.1, -0.05) is 37.4 Å². The number of nitrogens with two attached hydrogens (primary N) is 1. The second-order valence-corrected chi connectivity index (χ2v) is 7.16. The Bertz CT molecular complexity index is 733. The number of likely N-dealkylation sites (tertiary alicyclic amines) is 1. The van der Waals surface area contributed by atoms with Crippen LogP contribution in [0.4, 0.5) is 0 Å². The molecule has 0 amide bonds. The van der Waals surface area contributed by atoms with Gasteiger partial charge in [0.05, 0.1) is 19.1 Å². The minimum absolute atomic E-state index is 0.00692. The van der Waals surface area contributed by atoms with E-state index in [0.29, 0.717) is 36.0 Å². The van der Waals surface area contributed by atoms with Gasteiger partial charge in [-0.2, -0.15) is 4.91 Å². The molecule has 3 rings (SSSR count). The maximum Gasteiger partial charge on any atom is 0.339 e. The summed E-state index contributed by atoms with van der Waals surface area (Å²) in [5.41, 5.74) is 8.82. The lowest BCUT2D eigenvalue weighted by Crippen LogP contribution is -2.55. The first kappa shape index (κ1) is 18.4. The zero-order valence-corrected chi connectivity index (χ0v) is 15.0. The molecule has 1 aromatic rings. The zero-order chi connectivity index (χ0) is 18.8. The molecule has 0 bridgehead atoms. The first-order chi connectivity index (χ1) is 12.4. The molecule has 138 valence electrons. The maximum atomic E-state index is 11.9. The lowest BCUT2D eigenvalue weighted by atomic mass is 9.58. The Morgan fingerprint density at radius 2 is 2.27 bits per heavy atom. The quantitative estimate of drug-likeness (QED) is 0.566. The highest BCUT2D eigenvalue weighted by Crippen LogP contribution is 2.36. The molecule has 0 aromatic heterocycles. The molecule has 0 aliphatic carbocycles. The minimum atomic E-state index is -0.939. The fraction of sp³-hybridized carbons (Fsp3) is 0.500. The summed E-state index contributed by atoms with van der Waals surface area (Å²) in [4.78, 5) is 24.1. The summed E-state index contributed by atoms with van der Waals surface area (Å²) >= 11 is 0. The number of hydrogen-bond acceptors (Lipinski definition) is 6. The van der Waals surface area contributed by atoms with E-state index in [1.54, 1.807) is 6.07 Å². The normalized spacial score (nSPS) is 20.4. The number of benzene rings is 1. The van der Waals surface area contributed by atoms with Gasteiger partial charge in [0.15, 0.2) is 0 Å². The predicted octanol–water partition coefficient (Wildman–Crippen LogP) is 1.53. The molecule has 0 spiro atoms. The first-order valence-corrected chi connectivity index (χ1v) is 8.96. The molecule has 1 saturated heterocycles. The zero-order valence-electron chi connectivity index (χ0n) is 15.0. The van der Waals surface area contributed by atoms with Crippen molar-refractivity contribution in [1.82, 2.24) is 4.90 Å². The third-order valence-electron chi connectivity index (χ3n) is 5.37. The molecule has 26 heavy (non-hydrogen) atoms. The summed E-state index contributed by atoms with van der Waals surface area (Å²) in [6.45, 7) is 7.16. The molecule has 2 atom stereocenters. The van der Waals surface area contributed by atoms with E-state index in [1.807, 2.05) is 11.0 Å². The number of carboxylic acids is 1. The monoisotopic (exact) mass is 357 g/mol. The Hall–Kier alpha value is -2.35. The Kier molecular flexibility index (Phi) is 5.32. The molecule has 1 fully saturated rings. The first-order valence-electron chi connectivity index (χ1n) is 8.96. The number of ether oxygens (including phenoxy) is 1. The van der Waals surface area contributed by atoms with Crippen molar-refractivity contribution in [3.05, 3.63) is 46.0 Å². The maximum absolute atomic E-state index is 11.9. The fourth-order valence-corrected chi connectivity index (χ4v) is 3.79. The van der Waals surface area contributed by atoms with Gasteiger partial charge >= 0.3 is 5.97 Å². The van der Waals surface area contributed by atoms with Gasteiger partial charge in [0.1, 0.15) is 31.2 Å². The van der Waals surface area contributed by atoms with Crippen LogP contribution in [-0.2, 0) is 6.32 Å². The van der Waals surface area contributed by atoms with Crippen LogP contribution in [0, 0.1) is 4.91 Å². The van der Waals surface area contributed by atoms with Crippen LogP contribution >= 0.6 is 0 Å². The van der Waals surface area contributed by atoms with Crippen molar-refractivity contribution in [3.63, 3.8) is 0 Å². The van der Waals surface area contributed by atoms with Crippen molar-refractivity contribution < 1.29 is 14.6 Å². The number of hydrogen-bond donors (Lipinski definition) is 2. The van der Waals surface area contributed by atoms with Crippen molar-refractivity contribution in [2.75, 3.05) is 19.6 Å². The van der Waals surface area contributed by atoms with E-state index < -0.39 is 12.0 Å². The summed E-state index contributed by atoms with van der Waals surface area (Å²) in [5, 5.41) is 12.5. The van der Waals surface area contributed by atoms with Crippen LogP contribution in [0.15, 0.2) is 29.6 Å². The van der Waals surface area contributed by atoms with Crippen molar-refractivity contribution in [3.8, 4) is 5.75 Å². The summed E-state index contributed by atoms with van der Waals surface area (Å²) in [5.74, 6) is -0.133. The predicted molar refractivity (Wildman–Crippen MR) is 101 cm³/mol. The van der Waals surface area contributed by atoms with Gasteiger partial charge in [0.2, 0.25) is 0 Å². The van der Waals surface area contributed by atoms with Crippen LogP contribution in [-0.4, -0.2) is 55.0 Å². The van der Waals surface area contributed by atoms with E-state index in [4.69, 9.17) is 10.5 Å². The van der Waals surface area contributed by atoms with E-state index in [9.17, 15) is 14.8 Å². The van der Waals surface area contributed by atoms with Gasteiger partial charge in [-0.3, -0.25) is 0 Å². The third-order valence-corrected chi connectivity index (χ3v) is 5.37. The van der Waals surface area contributed by atoms with Gasteiger partial charge in [-0.25, -0.2) is 4.79 Å². The molecule has 1 unspecified atom stereocenters. The highest BCUT2D eigenvalue weighted by Gasteiger charge is 2.33. The molecule has 1 aromatic carbocycles. The Morgan fingerprint density at radius 1 is 1.54 bits per heavy atom. The molecule has 8 heteroatoms. The highest BCUT2D eigenvalue weighted by molar-refractivity contribution is 6.36. The number of rotatable bonds is 7. The van der Waals surface area contributed by atoms with E-state index in [0.717, 1.165) is 31.0 Å². The summed E-state index contributed by atoms with van der Waals surface area (Å²) in [7, 11) is 0.998. The van der Waals surface area contributed by atoms with Gasteiger partial charge in [-0.15, -0.1) is 0 Å². The fourth-order valence-electron chi connectivity index (χ4n) is 3.79. The second-order valence-electron chi connectivity index (χ2n) is 7.16. The molecule has 0 saturated carbocycles. The topological polar surface area (TPSA) is 105 Å². The number of aromatic carboxylic acids is 1. The van der Waals surface area contributed by atoms with Gasteiger partial charge in [-0.05, 0) is 23.1 Å². The summed E-state index contributed by atoms with van der Waals surface area (Å²) < 4.78 is 5.97. The minimum Gasteiger partial charge on any atom is -0.486 e. The molecule has 2 heterocycles. The van der Waals surface area contributed by atoms with Gasteiger partial charge in [0.25, 0.3) is 0 Å². The molecule has 2 aliphatic heterocycles. The average molecular weight is 357 g/mol. The number of carboxylic acid groups (broad SMARTS) is 1. The number of nitrogens with zero attached hydrogens (tertiary/aromatic N) is 2. The highest BCUT2D eigenvalue weighted by atomic mass is 16.5. The van der Waals surface area contributed by atoms with Gasteiger partial charge in [0, 0.05) is 5.70 Å². The molecular formula is C18H24BN3O4. The van der Waals surface area contributed by atoms with Crippen LogP contribution < -0.4 is 10.5 Å². The van der Waals surface area contributed by atoms with Gasteiger partial charge < -0.3 is 20.5 Å². The third kappa shape index (κ3) is 3.46. The molecule has 7 nitrogen and oxygen atoms in total. The van der Waals surface area contributed by atoms with E-state index in [1.165, 1.54) is 0 Å². The van der Waals surface area contributed by atoms with Crippen molar-refractivity contribution >= 4 is 13.2 Å². The van der Waals surface area contributed by atoms with Crippen LogP contribution in [0.25, 0.3) is 0 Å². The lowest BCUT2D eigenvalue weighted by molar-refractivity contribution is 0.0385. The molecule has 3 N–H and O–H groups in total. The van der Waals surface area contributed by atoms with E-state index in [-0.39, 0.29) is 12.6 Å². The van der Waals surface area contributed by atoms with Crippen LogP contribution in [0.3, 0.4) is 0 Å². The number of nitroso groups, excluding NO2 is 1. The number of fused-ring (bicyclic) bond motifs is 1. The second kappa shape index (κ2) is 7.49. The smallest absolute Gasteiger partial charge is 0.339 e. The number of carbonyl (C=O) groups is 1. The molecule has 2 aliphatic rings. The summed E-state index contributed by atoms with van der Waals surface area (Å²) in [6, 6.07) is 3.29. The Labute approximate surface area is 153 Å². The molecular weight excluding hydrogens is 333 g/mol. The van der Waals surface area contributed by atoms with Crippen molar-refractivity contribution in [1.29, 1.82) is 0 Å². The Morgan fingerprint density at radius 3 is 2.92 bits per heavy atom. The SMILES string of the molecule is C=C(C(N)CN=O)N1CC(Oc2ccc3c(c2C(=O)O)CBC[C@@H]3C)C1. The van der Waals surface area contributed by atoms with E-state index >= 15 is 0 Å². The Balaban J connectivity index is 1.71. The van der Waals surface area contributed by atoms with Crippen molar-refractivity contribution in [2.24, 2.45) is 10.9 Å². The molecule has 0 radical (unpaired) electrons. The van der Waals surface area contributed by atoms with Crippen LogP contribution in [0.5, 0.6) is 5.75 Å². The van der Waals surface area contributed by atoms with Crippen LogP contribution in [0.2, 0.25) is 6.32 Å².